The molecule has 1 amide bonds. The molecule has 86 valence electrons. The normalized spacial score (nSPS) is 11.2. The van der Waals surface area contributed by atoms with Crippen molar-refractivity contribution in [3.8, 4) is 0 Å². The lowest BCUT2D eigenvalue weighted by molar-refractivity contribution is 0.199. The minimum absolute atomic E-state index is 0.0640. The molecule has 0 fully saturated rings. The molecule has 3 N–H and O–H groups in total. The molecule has 0 radical (unpaired) electrons. The van der Waals surface area contributed by atoms with E-state index in [1.54, 1.807) is 18.2 Å². The van der Waals surface area contributed by atoms with Gasteiger partial charge in [0.1, 0.15) is 0 Å². The zero-order chi connectivity index (χ0) is 12.1. The number of carbonyl (C=O) groups is 1. The van der Waals surface area contributed by atoms with Crippen LogP contribution in [0.15, 0.2) is 27.8 Å². The van der Waals surface area contributed by atoms with Crippen molar-refractivity contribution in [3.63, 3.8) is 0 Å². The van der Waals surface area contributed by atoms with Crippen LogP contribution in [-0.4, -0.2) is 22.2 Å². The molecule has 0 aliphatic carbocycles. The summed E-state index contributed by atoms with van der Waals surface area (Å²) in [5, 5.41) is 22.4. The van der Waals surface area contributed by atoms with Crippen molar-refractivity contribution in [1.82, 2.24) is 5.32 Å². The Morgan fingerprint density at radius 1 is 1.56 bits per heavy atom. The van der Waals surface area contributed by atoms with Gasteiger partial charge in [0.05, 0.1) is 5.02 Å². The molecule has 0 saturated carbocycles. The number of rotatable bonds is 2. The van der Waals surface area contributed by atoms with Crippen LogP contribution in [0.25, 0.3) is 0 Å². The van der Waals surface area contributed by atoms with Crippen molar-refractivity contribution in [2.75, 3.05) is 0 Å². The molecule has 0 aliphatic rings. The second-order valence-electron chi connectivity index (χ2n) is 2.90. The maximum atomic E-state index is 10.3. The van der Waals surface area contributed by atoms with Crippen molar-refractivity contribution in [3.05, 3.63) is 33.3 Å². The average molecular weight is 308 g/mol. The summed E-state index contributed by atoms with van der Waals surface area (Å²) in [5.74, 6) is -0.0640. The Labute approximate surface area is 105 Å². The molecular formula is C9H8BrClN2O3. The summed E-state index contributed by atoms with van der Waals surface area (Å²) in [5.41, 5.74) is 0.731. The predicted molar refractivity (Wildman–Crippen MR) is 63.2 cm³/mol. The van der Waals surface area contributed by atoms with E-state index in [4.69, 9.17) is 21.9 Å². The van der Waals surface area contributed by atoms with Crippen LogP contribution >= 0.6 is 27.5 Å². The van der Waals surface area contributed by atoms with Crippen molar-refractivity contribution < 1.29 is 15.1 Å². The van der Waals surface area contributed by atoms with Gasteiger partial charge in [-0.1, -0.05) is 22.8 Å². The summed E-state index contributed by atoms with van der Waals surface area (Å²) >= 11 is 9.09. The molecule has 1 aromatic carbocycles. The number of nitrogens with zero attached hydrogens (tertiary/aromatic N) is 1. The van der Waals surface area contributed by atoms with Crippen molar-refractivity contribution >= 4 is 39.5 Å². The number of amidine groups is 1. The van der Waals surface area contributed by atoms with E-state index in [9.17, 15) is 4.79 Å². The van der Waals surface area contributed by atoms with Gasteiger partial charge in [0.15, 0.2) is 5.84 Å². The van der Waals surface area contributed by atoms with Gasteiger partial charge in [-0.15, -0.1) is 0 Å². The van der Waals surface area contributed by atoms with Gasteiger partial charge in [0.2, 0.25) is 0 Å². The van der Waals surface area contributed by atoms with Gasteiger partial charge in [-0.05, 0) is 33.6 Å². The molecule has 0 unspecified atom stereocenters. The summed E-state index contributed by atoms with van der Waals surface area (Å²) in [6.45, 7) is 0. The number of hydrogen-bond acceptors (Lipinski definition) is 3. The topological polar surface area (TPSA) is 81.9 Å². The Hall–Kier alpha value is -1.27. The number of nitrogens with one attached hydrogen (secondary N) is 1. The Morgan fingerprint density at radius 2 is 2.25 bits per heavy atom. The highest BCUT2D eigenvalue weighted by Gasteiger charge is 2.07. The number of halogens is 2. The van der Waals surface area contributed by atoms with E-state index >= 15 is 0 Å². The molecule has 7 heteroatoms. The standard InChI is InChI=1S/C9H8BrClN2O3/c10-6-2-1-5(3-7(6)11)4-8(13-16)12-9(14)15/h1-3,16H,4H2,(H,12,13)(H,14,15). The van der Waals surface area contributed by atoms with E-state index in [0.29, 0.717) is 5.02 Å². The Bertz CT molecular complexity index is 437. The van der Waals surface area contributed by atoms with E-state index in [2.05, 4.69) is 21.1 Å². The minimum Gasteiger partial charge on any atom is -0.465 e. The van der Waals surface area contributed by atoms with Gasteiger partial charge in [-0.2, -0.15) is 0 Å². The lowest BCUT2D eigenvalue weighted by Crippen LogP contribution is -2.30. The number of benzene rings is 1. The van der Waals surface area contributed by atoms with Gasteiger partial charge in [-0.25, -0.2) is 4.79 Å². The van der Waals surface area contributed by atoms with Crippen LogP contribution in [-0.2, 0) is 6.42 Å². The second kappa shape index (κ2) is 5.72. The molecule has 0 heterocycles. The highest BCUT2D eigenvalue weighted by Crippen LogP contribution is 2.23. The molecule has 0 aromatic heterocycles. The van der Waals surface area contributed by atoms with Crippen LogP contribution in [0.1, 0.15) is 5.56 Å². The maximum Gasteiger partial charge on any atom is 0.410 e. The van der Waals surface area contributed by atoms with Crippen LogP contribution < -0.4 is 5.32 Å². The van der Waals surface area contributed by atoms with Crippen molar-refractivity contribution in [2.45, 2.75) is 6.42 Å². The third-order valence-corrected chi connectivity index (χ3v) is 2.96. The minimum atomic E-state index is -1.28. The van der Waals surface area contributed by atoms with E-state index in [1.165, 1.54) is 0 Å². The van der Waals surface area contributed by atoms with Gasteiger partial charge in [0.25, 0.3) is 0 Å². The number of carboxylic acid groups (broad SMARTS) is 1. The van der Waals surface area contributed by atoms with Gasteiger partial charge in [0, 0.05) is 10.9 Å². The van der Waals surface area contributed by atoms with Crippen molar-refractivity contribution in [1.29, 1.82) is 0 Å². The van der Waals surface area contributed by atoms with Gasteiger partial charge in [-0.3, -0.25) is 5.32 Å². The molecule has 0 bridgehead atoms. The summed E-state index contributed by atoms with van der Waals surface area (Å²) in [7, 11) is 0. The zero-order valence-electron chi connectivity index (χ0n) is 7.94. The lowest BCUT2D eigenvalue weighted by Gasteiger charge is -2.05. The van der Waals surface area contributed by atoms with E-state index in [-0.39, 0.29) is 12.3 Å². The quantitative estimate of drug-likeness (QED) is 0.340. The fourth-order valence-corrected chi connectivity index (χ4v) is 1.52. The molecule has 1 rings (SSSR count). The monoisotopic (exact) mass is 306 g/mol. The first kappa shape index (κ1) is 12.8. The Balaban J connectivity index is 2.79. The average Bonchev–Trinajstić information content (AvgIpc) is 2.22. The van der Waals surface area contributed by atoms with Gasteiger partial charge >= 0.3 is 6.09 Å². The summed E-state index contributed by atoms with van der Waals surface area (Å²) < 4.78 is 0.742. The lowest BCUT2D eigenvalue weighted by atomic mass is 10.1. The summed E-state index contributed by atoms with van der Waals surface area (Å²) in [6.07, 6.45) is -1.13. The zero-order valence-corrected chi connectivity index (χ0v) is 10.3. The first-order valence-corrected chi connectivity index (χ1v) is 5.35. The Morgan fingerprint density at radius 3 is 2.75 bits per heavy atom. The SMILES string of the molecule is O=C(O)NC(Cc1ccc(Br)c(Cl)c1)=NO. The van der Waals surface area contributed by atoms with Crippen LogP contribution in [0.3, 0.4) is 0 Å². The van der Waals surface area contributed by atoms with E-state index in [1.807, 2.05) is 5.32 Å². The number of hydrogen-bond donors (Lipinski definition) is 3. The van der Waals surface area contributed by atoms with Crippen LogP contribution in [0.5, 0.6) is 0 Å². The highest BCUT2D eigenvalue weighted by atomic mass is 79.9. The molecule has 0 spiro atoms. The first-order chi connectivity index (χ1) is 7.52. The summed E-state index contributed by atoms with van der Waals surface area (Å²) in [6, 6.07) is 5.12. The molecule has 16 heavy (non-hydrogen) atoms. The van der Waals surface area contributed by atoms with E-state index < -0.39 is 6.09 Å². The molecule has 5 nitrogen and oxygen atoms in total. The second-order valence-corrected chi connectivity index (χ2v) is 4.16. The molecule has 1 aromatic rings. The van der Waals surface area contributed by atoms with E-state index in [0.717, 1.165) is 10.0 Å². The highest BCUT2D eigenvalue weighted by molar-refractivity contribution is 9.10. The Kier molecular flexibility index (Phi) is 4.57. The van der Waals surface area contributed by atoms with Crippen LogP contribution in [0.2, 0.25) is 5.02 Å². The van der Waals surface area contributed by atoms with Crippen LogP contribution in [0.4, 0.5) is 4.79 Å². The first-order valence-electron chi connectivity index (χ1n) is 4.17. The number of oxime groups is 1. The third-order valence-electron chi connectivity index (χ3n) is 1.73. The molecule has 0 atom stereocenters. The molecule has 0 aliphatic heterocycles. The largest absolute Gasteiger partial charge is 0.465 e. The smallest absolute Gasteiger partial charge is 0.410 e. The summed E-state index contributed by atoms with van der Waals surface area (Å²) in [4.78, 5) is 10.3. The van der Waals surface area contributed by atoms with Crippen molar-refractivity contribution in [2.24, 2.45) is 5.16 Å². The number of amides is 1. The van der Waals surface area contributed by atoms with Crippen LogP contribution in [0, 0.1) is 0 Å². The molecular weight excluding hydrogens is 299 g/mol. The fourth-order valence-electron chi connectivity index (χ4n) is 1.07. The predicted octanol–water partition coefficient (Wildman–Crippen LogP) is 2.70. The molecule has 0 saturated heterocycles. The maximum absolute atomic E-state index is 10.3. The van der Waals surface area contributed by atoms with Gasteiger partial charge < -0.3 is 10.3 Å². The third kappa shape index (κ3) is 3.71. The fraction of sp³-hybridized carbons (Fsp3) is 0.111.